The fourth-order valence-corrected chi connectivity index (χ4v) is 5.39. The fourth-order valence-electron chi connectivity index (χ4n) is 2.99. The summed E-state index contributed by atoms with van der Waals surface area (Å²) in [5.74, 6) is 2.14. The highest BCUT2D eigenvalue weighted by Gasteiger charge is 2.16. The maximum atomic E-state index is 11.6. The van der Waals surface area contributed by atoms with E-state index in [0.717, 1.165) is 33.0 Å². The Kier molecular flexibility index (Phi) is 10.0. The van der Waals surface area contributed by atoms with Crippen LogP contribution < -0.4 is 0 Å². The van der Waals surface area contributed by atoms with Crippen LogP contribution in [0, 0.1) is 0 Å². The van der Waals surface area contributed by atoms with Crippen LogP contribution in [0.5, 0.6) is 0 Å². The average molecular weight is 481 g/mol. The van der Waals surface area contributed by atoms with Crippen LogP contribution in [-0.4, -0.2) is 20.5 Å². The first kappa shape index (κ1) is 25.0. The highest BCUT2D eigenvalue weighted by atomic mass is 32.2. The zero-order chi connectivity index (χ0) is 22.3. The Morgan fingerprint density at radius 2 is 0.700 bits per heavy atom. The molecule has 0 saturated heterocycles. The Balaban J connectivity index is 2.69. The van der Waals surface area contributed by atoms with E-state index in [9.17, 15) is 19.2 Å². The van der Waals surface area contributed by atoms with Gasteiger partial charge in [0.25, 0.3) is 0 Å². The van der Waals surface area contributed by atoms with Gasteiger partial charge in [-0.25, -0.2) is 0 Å². The SMILES string of the molecule is CC(=O)SCc1ccc(CSC(C)=O)c2c(CSC(C)=O)ccc(CSC(C)=O)c12. The predicted molar refractivity (Wildman–Crippen MR) is 132 cm³/mol. The topological polar surface area (TPSA) is 68.3 Å². The maximum absolute atomic E-state index is 11.6. The molecule has 0 heterocycles. The molecule has 0 radical (unpaired) electrons. The summed E-state index contributed by atoms with van der Waals surface area (Å²) in [4.78, 5) is 46.3. The molecule has 30 heavy (non-hydrogen) atoms. The van der Waals surface area contributed by atoms with E-state index in [1.807, 2.05) is 24.3 Å². The minimum absolute atomic E-state index is 0.0438. The van der Waals surface area contributed by atoms with Gasteiger partial charge in [0.1, 0.15) is 0 Å². The van der Waals surface area contributed by atoms with Crippen molar-refractivity contribution in [3.8, 4) is 0 Å². The van der Waals surface area contributed by atoms with Crippen molar-refractivity contribution in [2.45, 2.75) is 50.7 Å². The van der Waals surface area contributed by atoms with Crippen LogP contribution >= 0.6 is 47.0 Å². The molecule has 2 rings (SSSR count). The molecule has 0 atom stereocenters. The first-order chi connectivity index (χ1) is 14.2. The molecule has 0 bridgehead atoms. The second-order valence-electron chi connectivity index (χ2n) is 6.64. The largest absolute Gasteiger partial charge is 0.288 e. The fraction of sp³-hybridized carbons (Fsp3) is 0.364. The molecule has 0 saturated carbocycles. The number of rotatable bonds is 8. The summed E-state index contributed by atoms with van der Waals surface area (Å²) < 4.78 is 0. The number of carbonyl (C=O) groups is 4. The van der Waals surface area contributed by atoms with Gasteiger partial charge in [-0.2, -0.15) is 0 Å². The van der Waals surface area contributed by atoms with Crippen molar-refractivity contribution in [1.29, 1.82) is 0 Å². The van der Waals surface area contributed by atoms with E-state index < -0.39 is 0 Å². The molecule has 0 N–H and O–H groups in total. The highest BCUT2D eigenvalue weighted by Crippen LogP contribution is 2.36. The van der Waals surface area contributed by atoms with Crippen molar-refractivity contribution in [2.24, 2.45) is 0 Å². The van der Waals surface area contributed by atoms with E-state index in [1.54, 1.807) is 27.7 Å². The molecular weight excluding hydrogens is 457 g/mol. The third-order valence-corrected chi connectivity index (χ3v) is 7.68. The number of carbonyl (C=O) groups excluding carboxylic acids is 4. The van der Waals surface area contributed by atoms with E-state index in [0.29, 0.717) is 23.0 Å². The number of fused-ring (bicyclic) bond motifs is 1. The van der Waals surface area contributed by atoms with Crippen LogP contribution in [0.15, 0.2) is 24.3 Å². The Bertz CT molecular complexity index is 832. The van der Waals surface area contributed by atoms with Crippen LogP contribution in [0.4, 0.5) is 0 Å². The summed E-state index contributed by atoms with van der Waals surface area (Å²) in [7, 11) is 0. The van der Waals surface area contributed by atoms with E-state index >= 15 is 0 Å². The molecule has 2 aromatic carbocycles. The third kappa shape index (κ3) is 7.48. The van der Waals surface area contributed by atoms with Gasteiger partial charge >= 0.3 is 0 Å². The standard InChI is InChI=1S/C22H24O4S4/c1-13(23)27-9-17-5-6-19(11-29-15(3)25)22-20(12-30-16(4)26)8-7-18(21(17)22)10-28-14(2)24/h5-8H,9-12H2,1-4H3. The van der Waals surface area contributed by atoms with Crippen molar-refractivity contribution < 1.29 is 19.2 Å². The average Bonchev–Trinajstić information content (AvgIpc) is 2.67. The summed E-state index contributed by atoms with van der Waals surface area (Å²) in [5, 5.41) is 2.23. The normalized spacial score (nSPS) is 10.9. The molecule has 8 heteroatoms. The Hall–Kier alpha value is -1.22. The van der Waals surface area contributed by atoms with Gasteiger partial charge in [0.2, 0.25) is 0 Å². The summed E-state index contributed by atoms with van der Waals surface area (Å²) in [6.45, 7) is 6.19. The van der Waals surface area contributed by atoms with Crippen LogP contribution in [0.3, 0.4) is 0 Å². The van der Waals surface area contributed by atoms with Crippen LogP contribution in [0.1, 0.15) is 49.9 Å². The minimum Gasteiger partial charge on any atom is -0.288 e. The third-order valence-electron chi connectivity index (χ3n) is 4.23. The molecule has 0 aliphatic heterocycles. The molecular formula is C22H24O4S4. The molecule has 0 aliphatic rings. The molecule has 160 valence electrons. The maximum Gasteiger partial charge on any atom is 0.186 e. The van der Waals surface area contributed by atoms with Gasteiger partial charge in [-0.1, -0.05) is 71.3 Å². The smallest absolute Gasteiger partial charge is 0.186 e. The van der Waals surface area contributed by atoms with Crippen LogP contribution in [0.2, 0.25) is 0 Å². The van der Waals surface area contributed by atoms with E-state index in [4.69, 9.17) is 0 Å². The zero-order valence-corrected chi connectivity index (χ0v) is 20.7. The van der Waals surface area contributed by atoms with Gasteiger partial charge in [-0.3, -0.25) is 19.2 Å². The Labute approximate surface area is 194 Å². The van der Waals surface area contributed by atoms with Gasteiger partial charge < -0.3 is 0 Å². The lowest BCUT2D eigenvalue weighted by Crippen LogP contribution is -2.00. The summed E-state index contributed by atoms with van der Waals surface area (Å²) in [6, 6.07) is 8.05. The van der Waals surface area contributed by atoms with Gasteiger partial charge in [0, 0.05) is 50.7 Å². The zero-order valence-electron chi connectivity index (χ0n) is 17.4. The molecule has 4 nitrogen and oxygen atoms in total. The first-order valence-corrected chi connectivity index (χ1v) is 13.2. The van der Waals surface area contributed by atoms with Crippen LogP contribution in [-0.2, 0) is 42.2 Å². The number of hydrogen-bond acceptors (Lipinski definition) is 8. The summed E-state index contributed by atoms with van der Waals surface area (Å²) in [6.07, 6.45) is 0. The molecule has 0 unspecified atom stereocenters. The molecule has 0 aliphatic carbocycles. The molecule has 0 amide bonds. The molecule has 0 fully saturated rings. The quantitative estimate of drug-likeness (QED) is 0.458. The molecule has 0 aromatic heterocycles. The summed E-state index contributed by atoms with van der Waals surface area (Å²) >= 11 is 5.00. The van der Waals surface area contributed by atoms with Crippen molar-refractivity contribution in [3.63, 3.8) is 0 Å². The van der Waals surface area contributed by atoms with Crippen molar-refractivity contribution in [3.05, 3.63) is 46.5 Å². The van der Waals surface area contributed by atoms with E-state index in [1.165, 1.54) is 47.0 Å². The van der Waals surface area contributed by atoms with Gasteiger partial charge in [0.05, 0.1) is 0 Å². The van der Waals surface area contributed by atoms with Crippen LogP contribution in [0.25, 0.3) is 10.8 Å². The Morgan fingerprint density at radius 3 is 0.867 bits per heavy atom. The van der Waals surface area contributed by atoms with Crippen molar-refractivity contribution >= 4 is 78.3 Å². The monoisotopic (exact) mass is 480 g/mol. The van der Waals surface area contributed by atoms with Crippen molar-refractivity contribution in [2.75, 3.05) is 0 Å². The predicted octanol–water partition coefficient (Wildman–Crippen LogP) is 5.96. The van der Waals surface area contributed by atoms with Gasteiger partial charge in [-0.15, -0.1) is 0 Å². The number of thioether (sulfide) groups is 4. The highest BCUT2D eigenvalue weighted by molar-refractivity contribution is 8.13. The second-order valence-corrected chi connectivity index (χ2v) is 11.2. The minimum atomic E-state index is 0.0438. The van der Waals surface area contributed by atoms with Crippen molar-refractivity contribution in [1.82, 2.24) is 0 Å². The van der Waals surface area contributed by atoms with E-state index in [-0.39, 0.29) is 20.5 Å². The lowest BCUT2D eigenvalue weighted by Gasteiger charge is -2.18. The second kappa shape index (κ2) is 12.0. The number of hydrogen-bond donors (Lipinski definition) is 0. The summed E-state index contributed by atoms with van der Waals surface area (Å²) in [5.41, 5.74) is 4.09. The first-order valence-electron chi connectivity index (χ1n) is 9.27. The van der Waals surface area contributed by atoms with Gasteiger partial charge in [-0.05, 0) is 33.0 Å². The molecule has 2 aromatic rings. The van der Waals surface area contributed by atoms with Gasteiger partial charge in [0.15, 0.2) is 20.5 Å². The lowest BCUT2D eigenvalue weighted by atomic mass is 9.93. The molecule has 0 spiro atoms. The lowest BCUT2D eigenvalue weighted by molar-refractivity contribution is -0.109. The van der Waals surface area contributed by atoms with E-state index in [2.05, 4.69) is 0 Å². The Morgan fingerprint density at radius 1 is 0.500 bits per heavy atom. The number of benzene rings is 2.